The Kier molecular flexibility index (Phi) is 5.61. The summed E-state index contributed by atoms with van der Waals surface area (Å²) in [6, 6.07) is 8.23. The van der Waals surface area contributed by atoms with Gasteiger partial charge in [0.2, 0.25) is 6.54 Å². The van der Waals surface area contributed by atoms with Gasteiger partial charge < -0.3 is 28.6 Å². The molecule has 0 unspecified atom stereocenters. The number of amides is 1. The Morgan fingerprint density at radius 1 is 1.30 bits per heavy atom. The Hall–Kier alpha value is -1.98. The molecule has 2 aromatic rings. The Bertz CT molecular complexity index is 606. The summed E-state index contributed by atoms with van der Waals surface area (Å²) in [5, 5.41) is 12.5. The Morgan fingerprint density at radius 3 is 2.60 bits per heavy atom. The summed E-state index contributed by atoms with van der Waals surface area (Å²) in [4.78, 5) is 11.8. The zero-order valence-corrected chi connectivity index (χ0v) is 11.9. The fraction of sp³-hybridized carbons (Fsp3) is 0.0769. The lowest BCUT2D eigenvalue weighted by Gasteiger charge is -2.08. The molecular formula is C13H13Cl2N3O2. The van der Waals surface area contributed by atoms with E-state index in [4.69, 9.17) is 17.3 Å². The molecule has 1 aromatic heterocycles. The number of nitrogens with two attached hydrogens (primary N) is 1. The van der Waals surface area contributed by atoms with E-state index < -0.39 is 0 Å². The molecule has 5 nitrogen and oxygen atoms in total. The predicted octanol–water partition coefficient (Wildman–Crippen LogP) is -1.44. The topological polar surface area (TPSA) is 79.2 Å². The van der Waals surface area contributed by atoms with Crippen LogP contribution in [-0.2, 0) is 11.3 Å². The highest BCUT2D eigenvalue weighted by Crippen LogP contribution is 2.31. The zero-order valence-electron chi connectivity index (χ0n) is 10.4. The smallest absolute Gasteiger partial charge is 0.290 e. The Morgan fingerprint density at radius 2 is 1.95 bits per heavy atom. The molecule has 2 rings (SSSR count). The largest absolute Gasteiger partial charge is 1.00 e. The van der Waals surface area contributed by atoms with Gasteiger partial charge in [-0.3, -0.25) is 4.79 Å². The highest BCUT2D eigenvalue weighted by atomic mass is 35.5. The lowest BCUT2D eigenvalue weighted by molar-refractivity contribution is -0.684. The van der Waals surface area contributed by atoms with Crippen molar-refractivity contribution in [1.29, 1.82) is 0 Å². The number of hydrogen-bond donors (Lipinski definition) is 3. The molecule has 4 N–H and O–H groups in total. The van der Waals surface area contributed by atoms with Gasteiger partial charge in [-0.2, -0.15) is 4.57 Å². The number of halogens is 2. The van der Waals surface area contributed by atoms with Gasteiger partial charge in [0.25, 0.3) is 5.91 Å². The van der Waals surface area contributed by atoms with Gasteiger partial charge in [-0.25, -0.2) is 0 Å². The minimum atomic E-state index is -0.271. The van der Waals surface area contributed by atoms with Gasteiger partial charge in [0.15, 0.2) is 12.4 Å². The van der Waals surface area contributed by atoms with Crippen LogP contribution >= 0.6 is 11.6 Å². The van der Waals surface area contributed by atoms with Crippen molar-refractivity contribution in [2.45, 2.75) is 6.54 Å². The number of benzene rings is 1. The van der Waals surface area contributed by atoms with Crippen molar-refractivity contribution in [2.75, 3.05) is 11.1 Å². The molecule has 0 bridgehead atoms. The molecule has 0 aliphatic carbocycles. The average molecular weight is 314 g/mol. The van der Waals surface area contributed by atoms with Gasteiger partial charge in [0, 0.05) is 18.2 Å². The van der Waals surface area contributed by atoms with E-state index in [1.807, 2.05) is 18.2 Å². The molecule has 0 fully saturated rings. The molecule has 0 aliphatic rings. The van der Waals surface area contributed by atoms with Crippen LogP contribution in [0.5, 0.6) is 5.75 Å². The molecule has 0 saturated carbocycles. The molecule has 0 saturated heterocycles. The van der Waals surface area contributed by atoms with Crippen molar-refractivity contribution in [2.24, 2.45) is 0 Å². The van der Waals surface area contributed by atoms with Gasteiger partial charge in [-0.15, -0.1) is 0 Å². The lowest BCUT2D eigenvalue weighted by atomic mass is 10.2. The molecule has 20 heavy (non-hydrogen) atoms. The van der Waals surface area contributed by atoms with E-state index in [1.165, 1.54) is 12.1 Å². The first kappa shape index (κ1) is 16.1. The summed E-state index contributed by atoms with van der Waals surface area (Å²) in [7, 11) is 0. The van der Waals surface area contributed by atoms with Gasteiger partial charge in [-0.05, 0) is 6.07 Å². The number of aromatic hydroxyl groups is 1. The third-order valence-corrected chi connectivity index (χ3v) is 2.82. The van der Waals surface area contributed by atoms with E-state index in [0.29, 0.717) is 0 Å². The predicted molar refractivity (Wildman–Crippen MR) is 72.8 cm³/mol. The van der Waals surface area contributed by atoms with E-state index in [-0.39, 0.29) is 47.0 Å². The second-order valence-electron chi connectivity index (χ2n) is 3.99. The molecule has 0 aliphatic heterocycles. The third kappa shape index (κ3) is 4.01. The maximum Gasteiger partial charge on any atom is 0.290 e. The van der Waals surface area contributed by atoms with Crippen molar-refractivity contribution in [3.05, 3.63) is 47.7 Å². The summed E-state index contributed by atoms with van der Waals surface area (Å²) >= 11 is 5.84. The number of nitrogen functional groups attached to an aromatic ring is 1. The van der Waals surface area contributed by atoms with E-state index >= 15 is 0 Å². The summed E-state index contributed by atoms with van der Waals surface area (Å²) < 4.78 is 1.71. The van der Waals surface area contributed by atoms with Gasteiger partial charge in [0.1, 0.15) is 5.75 Å². The number of aromatic nitrogens is 1. The van der Waals surface area contributed by atoms with Crippen LogP contribution in [0.2, 0.25) is 5.02 Å². The normalized spacial score (nSPS) is 9.65. The van der Waals surface area contributed by atoms with E-state index in [1.54, 1.807) is 17.0 Å². The number of pyridine rings is 1. The van der Waals surface area contributed by atoms with Crippen molar-refractivity contribution in [3.63, 3.8) is 0 Å². The molecule has 0 radical (unpaired) electrons. The fourth-order valence-electron chi connectivity index (χ4n) is 1.57. The SMILES string of the molecule is Nc1cc(O)c(NC(=O)C[n+]2ccccc2)cc1Cl.[Cl-]. The third-order valence-electron chi connectivity index (χ3n) is 2.49. The number of phenolic OH excluding ortho intramolecular Hbond substituents is 1. The van der Waals surface area contributed by atoms with E-state index in [0.717, 1.165) is 0 Å². The molecule has 106 valence electrons. The molecule has 1 aromatic carbocycles. The first-order valence-electron chi connectivity index (χ1n) is 5.58. The fourth-order valence-corrected chi connectivity index (χ4v) is 1.74. The Labute approximate surface area is 127 Å². The van der Waals surface area contributed by atoms with Crippen LogP contribution in [0, 0.1) is 0 Å². The number of hydrogen-bond acceptors (Lipinski definition) is 3. The number of anilines is 2. The van der Waals surface area contributed by atoms with Crippen LogP contribution < -0.4 is 28.0 Å². The van der Waals surface area contributed by atoms with E-state index in [2.05, 4.69) is 5.32 Å². The molecule has 0 spiro atoms. The first-order chi connectivity index (χ1) is 9.06. The van der Waals surface area contributed by atoms with Crippen molar-refractivity contribution in [1.82, 2.24) is 0 Å². The average Bonchev–Trinajstić information content (AvgIpc) is 2.37. The summed E-state index contributed by atoms with van der Waals surface area (Å²) in [6.45, 7) is 0.141. The summed E-state index contributed by atoms with van der Waals surface area (Å²) in [5.74, 6) is -0.388. The maximum absolute atomic E-state index is 11.8. The number of nitrogens with one attached hydrogen (secondary N) is 1. The number of nitrogens with zero attached hydrogens (tertiary/aromatic N) is 1. The second kappa shape index (κ2) is 6.98. The highest BCUT2D eigenvalue weighted by molar-refractivity contribution is 6.33. The van der Waals surface area contributed by atoms with E-state index in [9.17, 15) is 9.90 Å². The number of carbonyl (C=O) groups excluding carboxylic acids is 1. The number of phenols is 1. The molecule has 1 amide bonds. The number of carbonyl (C=O) groups is 1. The monoisotopic (exact) mass is 313 g/mol. The molecule has 7 heteroatoms. The standard InChI is InChI=1S/C13H12ClN3O2.ClH/c14-9-6-11(12(18)7-10(9)15)16-13(19)8-17-4-2-1-3-5-17;/h1-7H,8,15H2,(H-,16,18,19);1H. The van der Waals surface area contributed by atoms with Crippen LogP contribution in [0.1, 0.15) is 0 Å². The second-order valence-corrected chi connectivity index (χ2v) is 4.39. The van der Waals surface area contributed by atoms with Gasteiger partial charge in [0.05, 0.1) is 16.4 Å². The van der Waals surface area contributed by atoms with Crippen molar-refractivity contribution < 1.29 is 26.9 Å². The Balaban J connectivity index is 0.00000200. The molecule has 0 atom stereocenters. The van der Waals surface area contributed by atoms with Crippen molar-refractivity contribution in [3.8, 4) is 5.75 Å². The first-order valence-corrected chi connectivity index (χ1v) is 5.96. The number of rotatable bonds is 3. The van der Waals surface area contributed by atoms with Crippen molar-refractivity contribution >= 4 is 28.9 Å². The van der Waals surface area contributed by atoms with Crippen LogP contribution in [0.15, 0.2) is 42.7 Å². The molecule has 1 heterocycles. The highest BCUT2D eigenvalue weighted by Gasteiger charge is 2.12. The zero-order chi connectivity index (χ0) is 13.8. The van der Waals surface area contributed by atoms with Crippen LogP contribution in [0.4, 0.5) is 11.4 Å². The maximum atomic E-state index is 11.8. The van der Waals surface area contributed by atoms with Crippen LogP contribution in [0.25, 0.3) is 0 Å². The van der Waals surface area contributed by atoms with Gasteiger partial charge in [-0.1, -0.05) is 17.7 Å². The summed E-state index contributed by atoms with van der Waals surface area (Å²) in [5.41, 5.74) is 6.03. The minimum absolute atomic E-state index is 0. The van der Waals surface area contributed by atoms with Crippen LogP contribution in [0.3, 0.4) is 0 Å². The lowest BCUT2D eigenvalue weighted by Crippen LogP contribution is -3.00. The van der Waals surface area contributed by atoms with Gasteiger partial charge >= 0.3 is 0 Å². The summed E-state index contributed by atoms with van der Waals surface area (Å²) in [6.07, 6.45) is 3.55. The molecular weight excluding hydrogens is 301 g/mol. The quantitative estimate of drug-likeness (QED) is 0.369. The van der Waals surface area contributed by atoms with Crippen LogP contribution in [-0.4, -0.2) is 11.0 Å². The minimum Gasteiger partial charge on any atom is -1.00 e.